The maximum Gasteiger partial charge on any atom is 0.183 e. The molecule has 1 rings (SSSR count). The summed E-state index contributed by atoms with van der Waals surface area (Å²) in [6, 6.07) is 4.19. The van der Waals surface area contributed by atoms with E-state index < -0.39 is 12.4 Å². The van der Waals surface area contributed by atoms with E-state index in [0.717, 1.165) is 6.42 Å². The third-order valence-corrected chi connectivity index (χ3v) is 3.70. The highest BCUT2D eigenvalue weighted by Gasteiger charge is 2.20. The molecular weight excluding hydrogens is 236 g/mol. The van der Waals surface area contributed by atoms with Crippen LogP contribution in [0.3, 0.4) is 0 Å². The number of aliphatic hydroxyl groups is 1. The van der Waals surface area contributed by atoms with E-state index in [4.69, 9.17) is 9.47 Å². The first-order valence-corrected chi connectivity index (χ1v) is 7.01. The molecule has 1 unspecified atom stereocenters. The standard InChI is InChI=1S/C13H22O3S/c1-4-10-7-8-11(17-10)9-12(14)13(15-5-2)16-6-3/h7-8,12-14H,4-6,9H2,1-3H3. The molecule has 0 aliphatic carbocycles. The first kappa shape index (κ1) is 14.6. The zero-order valence-corrected chi connectivity index (χ0v) is 11.6. The summed E-state index contributed by atoms with van der Waals surface area (Å²) in [6.45, 7) is 7.03. The highest BCUT2D eigenvalue weighted by Crippen LogP contribution is 2.20. The zero-order valence-electron chi connectivity index (χ0n) is 10.8. The Bertz CT molecular complexity index is 305. The highest BCUT2D eigenvalue weighted by atomic mass is 32.1. The monoisotopic (exact) mass is 258 g/mol. The Morgan fingerprint density at radius 2 is 1.71 bits per heavy atom. The second kappa shape index (κ2) is 7.82. The summed E-state index contributed by atoms with van der Waals surface area (Å²) < 4.78 is 10.8. The van der Waals surface area contributed by atoms with Gasteiger partial charge in [0.05, 0.1) is 0 Å². The van der Waals surface area contributed by atoms with Gasteiger partial charge in [-0.15, -0.1) is 11.3 Å². The van der Waals surface area contributed by atoms with Crippen molar-refractivity contribution in [3.05, 3.63) is 21.9 Å². The zero-order chi connectivity index (χ0) is 12.7. The molecule has 1 aromatic heterocycles. The fourth-order valence-corrected chi connectivity index (χ4v) is 2.63. The number of hydrogen-bond donors (Lipinski definition) is 1. The summed E-state index contributed by atoms with van der Waals surface area (Å²) in [6.07, 6.45) is 0.520. The van der Waals surface area contributed by atoms with Gasteiger partial charge in [0.15, 0.2) is 6.29 Å². The van der Waals surface area contributed by atoms with Gasteiger partial charge in [-0.3, -0.25) is 0 Å². The lowest BCUT2D eigenvalue weighted by atomic mass is 10.2. The summed E-state index contributed by atoms with van der Waals surface area (Å²) in [4.78, 5) is 2.52. The molecule has 0 aromatic carbocycles. The van der Waals surface area contributed by atoms with Crippen LogP contribution in [0.15, 0.2) is 12.1 Å². The molecular formula is C13H22O3S. The quantitative estimate of drug-likeness (QED) is 0.728. The molecule has 1 N–H and O–H groups in total. The number of aliphatic hydroxyl groups excluding tert-OH is 1. The summed E-state index contributed by atoms with van der Waals surface area (Å²) in [7, 11) is 0. The van der Waals surface area contributed by atoms with Crippen molar-refractivity contribution in [1.29, 1.82) is 0 Å². The fraction of sp³-hybridized carbons (Fsp3) is 0.692. The van der Waals surface area contributed by atoms with Crippen LogP contribution < -0.4 is 0 Å². The average molecular weight is 258 g/mol. The van der Waals surface area contributed by atoms with E-state index in [2.05, 4.69) is 19.1 Å². The van der Waals surface area contributed by atoms with E-state index in [0.29, 0.717) is 19.6 Å². The SMILES string of the molecule is CCOC(OCC)C(O)Cc1ccc(CC)s1. The lowest BCUT2D eigenvalue weighted by Crippen LogP contribution is -2.33. The van der Waals surface area contributed by atoms with Crippen molar-refractivity contribution in [2.75, 3.05) is 13.2 Å². The first-order chi connectivity index (χ1) is 8.21. The number of ether oxygens (including phenoxy) is 2. The predicted octanol–water partition coefficient (Wildman–Crippen LogP) is 2.61. The van der Waals surface area contributed by atoms with Gasteiger partial charge in [0, 0.05) is 29.4 Å². The Hall–Kier alpha value is -0.420. The van der Waals surface area contributed by atoms with Gasteiger partial charge in [-0.05, 0) is 32.4 Å². The van der Waals surface area contributed by atoms with Crippen LogP contribution in [0.1, 0.15) is 30.5 Å². The lowest BCUT2D eigenvalue weighted by molar-refractivity contribution is -0.188. The van der Waals surface area contributed by atoms with Crippen LogP contribution in [0, 0.1) is 0 Å². The predicted molar refractivity (Wildman–Crippen MR) is 70.4 cm³/mol. The Morgan fingerprint density at radius 3 is 2.18 bits per heavy atom. The van der Waals surface area contributed by atoms with Crippen LogP contribution in [0.2, 0.25) is 0 Å². The van der Waals surface area contributed by atoms with E-state index in [1.807, 2.05) is 13.8 Å². The van der Waals surface area contributed by atoms with E-state index in [1.54, 1.807) is 11.3 Å². The molecule has 0 aliphatic rings. The minimum atomic E-state index is -0.599. The highest BCUT2D eigenvalue weighted by molar-refractivity contribution is 7.11. The minimum absolute atomic E-state index is 0.517. The largest absolute Gasteiger partial charge is 0.387 e. The van der Waals surface area contributed by atoms with Crippen molar-refractivity contribution in [1.82, 2.24) is 0 Å². The number of aryl methyl sites for hydroxylation is 1. The maximum atomic E-state index is 10.1. The van der Waals surface area contributed by atoms with Gasteiger partial charge in [0.2, 0.25) is 0 Å². The molecule has 3 nitrogen and oxygen atoms in total. The molecule has 1 atom stereocenters. The molecule has 98 valence electrons. The smallest absolute Gasteiger partial charge is 0.183 e. The lowest BCUT2D eigenvalue weighted by Gasteiger charge is -2.22. The van der Waals surface area contributed by atoms with Gasteiger partial charge in [-0.2, -0.15) is 0 Å². The summed E-state index contributed by atoms with van der Waals surface area (Å²) in [5.74, 6) is 0. The molecule has 17 heavy (non-hydrogen) atoms. The number of rotatable bonds is 8. The van der Waals surface area contributed by atoms with Crippen LogP contribution in [0.5, 0.6) is 0 Å². The number of hydrogen-bond acceptors (Lipinski definition) is 4. The Labute approximate surface area is 107 Å². The molecule has 0 radical (unpaired) electrons. The van der Waals surface area contributed by atoms with Crippen molar-refractivity contribution in [3.63, 3.8) is 0 Å². The van der Waals surface area contributed by atoms with Gasteiger partial charge >= 0.3 is 0 Å². The molecule has 1 aromatic rings. The summed E-state index contributed by atoms with van der Waals surface area (Å²) in [5, 5.41) is 10.1. The maximum absolute atomic E-state index is 10.1. The van der Waals surface area contributed by atoms with Crippen molar-refractivity contribution in [2.45, 2.75) is 46.0 Å². The molecule has 0 spiro atoms. The Balaban J connectivity index is 2.52. The van der Waals surface area contributed by atoms with Crippen molar-refractivity contribution in [3.8, 4) is 0 Å². The van der Waals surface area contributed by atoms with Gasteiger partial charge in [0.1, 0.15) is 6.10 Å². The van der Waals surface area contributed by atoms with Gasteiger partial charge < -0.3 is 14.6 Å². The Morgan fingerprint density at radius 1 is 1.12 bits per heavy atom. The van der Waals surface area contributed by atoms with E-state index in [9.17, 15) is 5.11 Å². The first-order valence-electron chi connectivity index (χ1n) is 6.20. The summed E-state index contributed by atoms with van der Waals surface area (Å²) >= 11 is 1.74. The van der Waals surface area contributed by atoms with Crippen LogP contribution in [0.4, 0.5) is 0 Å². The van der Waals surface area contributed by atoms with E-state index >= 15 is 0 Å². The molecule has 0 amide bonds. The van der Waals surface area contributed by atoms with E-state index in [1.165, 1.54) is 9.75 Å². The second-order valence-electron chi connectivity index (χ2n) is 3.77. The van der Waals surface area contributed by atoms with Gasteiger partial charge in [-0.25, -0.2) is 0 Å². The molecule has 1 heterocycles. The molecule has 0 fully saturated rings. The Kier molecular flexibility index (Phi) is 6.73. The summed E-state index contributed by atoms with van der Waals surface area (Å²) in [5.41, 5.74) is 0. The van der Waals surface area contributed by atoms with Crippen molar-refractivity contribution in [2.24, 2.45) is 0 Å². The molecule has 0 bridgehead atoms. The van der Waals surface area contributed by atoms with Crippen LogP contribution >= 0.6 is 11.3 Å². The van der Waals surface area contributed by atoms with Crippen LogP contribution in [-0.4, -0.2) is 30.7 Å². The molecule has 0 aliphatic heterocycles. The third-order valence-electron chi connectivity index (χ3n) is 2.45. The van der Waals surface area contributed by atoms with E-state index in [-0.39, 0.29) is 0 Å². The van der Waals surface area contributed by atoms with Crippen molar-refractivity contribution >= 4 is 11.3 Å². The topological polar surface area (TPSA) is 38.7 Å². The molecule has 4 heteroatoms. The molecule has 0 saturated carbocycles. The third kappa shape index (κ3) is 4.76. The van der Waals surface area contributed by atoms with Gasteiger partial charge in [0.25, 0.3) is 0 Å². The minimum Gasteiger partial charge on any atom is -0.387 e. The van der Waals surface area contributed by atoms with Crippen LogP contribution in [0.25, 0.3) is 0 Å². The fourth-order valence-electron chi connectivity index (χ4n) is 1.62. The van der Waals surface area contributed by atoms with Gasteiger partial charge in [-0.1, -0.05) is 6.92 Å². The molecule has 0 saturated heterocycles. The number of thiophene rings is 1. The second-order valence-corrected chi connectivity index (χ2v) is 5.02. The van der Waals surface area contributed by atoms with Crippen LogP contribution in [-0.2, 0) is 22.3 Å². The van der Waals surface area contributed by atoms with Crippen molar-refractivity contribution < 1.29 is 14.6 Å². The average Bonchev–Trinajstić information content (AvgIpc) is 2.76. The normalized spacial score (nSPS) is 13.2.